The van der Waals surface area contributed by atoms with Crippen molar-refractivity contribution in [2.24, 2.45) is 0 Å². The van der Waals surface area contributed by atoms with Crippen molar-refractivity contribution in [2.75, 3.05) is 7.05 Å². The highest BCUT2D eigenvalue weighted by Crippen LogP contribution is 2.17. The van der Waals surface area contributed by atoms with E-state index in [9.17, 15) is 9.90 Å². The number of amides is 1. The monoisotopic (exact) mass is 245 g/mol. The highest BCUT2D eigenvalue weighted by atomic mass is 16.3. The molecule has 2 rings (SSSR count). The van der Waals surface area contributed by atoms with Crippen molar-refractivity contribution in [3.63, 3.8) is 0 Å². The smallest absolute Gasteiger partial charge is 0.254 e. The first kappa shape index (κ1) is 12.2. The van der Waals surface area contributed by atoms with Gasteiger partial charge in [-0.25, -0.2) is 0 Å². The number of nitrogens with one attached hydrogen (secondary N) is 1. The molecule has 2 aromatic rings. The van der Waals surface area contributed by atoms with E-state index in [0.717, 1.165) is 11.1 Å². The summed E-state index contributed by atoms with van der Waals surface area (Å²) in [7, 11) is 1.74. The van der Waals surface area contributed by atoms with Crippen LogP contribution in [0, 0.1) is 6.92 Å². The number of nitrogens with zero attached hydrogens (tertiary/aromatic N) is 2. The normalized spacial score (nSPS) is 10.3. The van der Waals surface area contributed by atoms with E-state index in [-0.39, 0.29) is 11.7 Å². The summed E-state index contributed by atoms with van der Waals surface area (Å²) in [6, 6.07) is 4.74. The molecule has 0 radical (unpaired) electrons. The second-order valence-corrected chi connectivity index (χ2v) is 4.27. The molecule has 0 saturated heterocycles. The zero-order valence-corrected chi connectivity index (χ0v) is 10.3. The maximum Gasteiger partial charge on any atom is 0.254 e. The Hall–Kier alpha value is -2.30. The fourth-order valence-corrected chi connectivity index (χ4v) is 1.80. The van der Waals surface area contributed by atoms with Crippen LogP contribution in [-0.2, 0) is 6.54 Å². The SMILES string of the molecule is Cc1cc(O)ccc1C(=O)N(C)Cc1cn[nH]c1. The van der Waals surface area contributed by atoms with Crippen molar-refractivity contribution in [2.45, 2.75) is 13.5 Å². The van der Waals surface area contributed by atoms with Crippen LogP contribution < -0.4 is 0 Å². The minimum absolute atomic E-state index is 0.0753. The lowest BCUT2D eigenvalue weighted by Gasteiger charge is -2.17. The minimum Gasteiger partial charge on any atom is -0.508 e. The predicted molar refractivity (Wildman–Crippen MR) is 67.2 cm³/mol. The molecule has 1 amide bonds. The number of phenolic OH excluding ortho intramolecular Hbond substituents is 1. The Labute approximate surface area is 105 Å². The fourth-order valence-electron chi connectivity index (χ4n) is 1.80. The Morgan fingerprint density at radius 3 is 2.89 bits per heavy atom. The molecule has 18 heavy (non-hydrogen) atoms. The second kappa shape index (κ2) is 4.91. The first-order chi connectivity index (χ1) is 8.58. The van der Waals surface area contributed by atoms with Crippen LogP contribution in [0.25, 0.3) is 0 Å². The molecule has 0 saturated carbocycles. The Balaban J connectivity index is 2.15. The molecule has 0 spiro atoms. The van der Waals surface area contributed by atoms with E-state index in [1.165, 1.54) is 6.07 Å². The summed E-state index contributed by atoms with van der Waals surface area (Å²) in [5.74, 6) is 0.0928. The summed E-state index contributed by atoms with van der Waals surface area (Å²) in [6.07, 6.45) is 3.45. The summed E-state index contributed by atoms with van der Waals surface area (Å²) in [6.45, 7) is 2.30. The molecule has 5 heteroatoms. The summed E-state index contributed by atoms with van der Waals surface area (Å²) in [4.78, 5) is 13.8. The highest BCUT2D eigenvalue weighted by molar-refractivity contribution is 5.95. The Kier molecular flexibility index (Phi) is 3.32. The van der Waals surface area contributed by atoms with E-state index in [0.29, 0.717) is 12.1 Å². The van der Waals surface area contributed by atoms with Crippen molar-refractivity contribution in [3.05, 3.63) is 47.3 Å². The zero-order chi connectivity index (χ0) is 13.1. The summed E-state index contributed by atoms with van der Waals surface area (Å²) in [5.41, 5.74) is 2.31. The van der Waals surface area contributed by atoms with E-state index in [1.54, 1.807) is 43.4 Å². The fraction of sp³-hybridized carbons (Fsp3) is 0.231. The van der Waals surface area contributed by atoms with Crippen molar-refractivity contribution >= 4 is 5.91 Å². The Morgan fingerprint density at radius 2 is 2.28 bits per heavy atom. The van der Waals surface area contributed by atoms with Gasteiger partial charge in [-0.3, -0.25) is 9.89 Å². The summed E-state index contributed by atoms with van der Waals surface area (Å²) < 4.78 is 0. The molecule has 0 aliphatic carbocycles. The lowest BCUT2D eigenvalue weighted by atomic mass is 10.1. The molecule has 0 aliphatic heterocycles. The zero-order valence-electron chi connectivity index (χ0n) is 10.3. The average molecular weight is 245 g/mol. The van der Waals surface area contributed by atoms with Gasteiger partial charge in [0.2, 0.25) is 0 Å². The lowest BCUT2D eigenvalue weighted by Crippen LogP contribution is -2.26. The number of aryl methyl sites for hydroxylation is 1. The van der Waals surface area contributed by atoms with Crippen LogP contribution >= 0.6 is 0 Å². The van der Waals surface area contributed by atoms with Gasteiger partial charge in [0, 0.05) is 30.9 Å². The van der Waals surface area contributed by atoms with Gasteiger partial charge in [0.1, 0.15) is 5.75 Å². The van der Waals surface area contributed by atoms with Gasteiger partial charge in [-0.05, 0) is 30.7 Å². The second-order valence-electron chi connectivity index (χ2n) is 4.27. The molecule has 0 fully saturated rings. The van der Waals surface area contributed by atoms with Crippen LogP contribution in [0.5, 0.6) is 5.75 Å². The molecule has 94 valence electrons. The highest BCUT2D eigenvalue weighted by Gasteiger charge is 2.14. The van der Waals surface area contributed by atoms with Crippen LogP contribution in [0.2, 0.25) is 0 Å². The van der Waals surface area contributed by atoms with E-state index in [4.69, 9.17) is 0 Å². The van der Waals surface area contributed by atoms with E-state index < -0.39 is 0 Å². The van der Waals surface area contributed by atoms with Crippen molar-refractivity contribution < 1.29 is 9.90 Å². The van der Waals surface area contributed by atoms with Gasteiger partial charge in [-0.1, -0.05) is 0 Å². The molecular weight excluding hydrogens is 230 g/mol. The molecule has 0 atom stereocenters. The largest absolute Gasteiger partial charge is 0.508 e. The predicted octanol–water partition coefficient (Wildman–Crippen LogP) is 1.70. The van der Waals surface area contributed by atoms with E-state index >= 15 is 0 Å². The molecule has 0 unspecified atom stereocenters. The first-order valence-electron chi connectivity index (χ1n) is 5.60. The third kappa shape index (κ3) is 2.51. The summed E-state index contributed by atoms with van der Waals surface area (Å²) >= 11 is 0. The number of hydrogen-bond acceptors (Lipinski definition) is 3. The number of aromatic hydroxyl groups is 1. The van der Waals surface area contributed by atoms with Crippen LogP contribution in [0.1, 0.15) is 21.5 Å². The minimum atomic E-state index is -0.0753. The summed E-state index contributed by atoms with van der Waals surface area (Å²) in [5, 5.41) is 15.9. The van der Waals surface area contributed by atoms with Gasteiger partial charge in [0.15, 0.2) is 0 Å². The Morgan fingerprint density at radius 1 is 1.50 bits per heavy atom. The maximum atomic E-state index is 12.2. The molecule has 5 nitrogen and oxygen atoms in total. The molecule has 2 N–H and O–H groups in total. The average Bonchev–Trinajstić information content (AvgIpc) is 2.81. The molecule has 1 aromatic heterocycles. The molecule has 1 aromatic carbocycles. The maximum absolute atomic E-state index is 12.2. The number of hydrogen-bond donors (Lipinski definition) is 2. The van der Waals surface area contributed by atoms with Crippen LogP contribution in [-0.4, -0.2) is 33.2 Å². The van der Waals surface area contributed by atoms with Gasteiger partial charge in [0.05, 0.1) is 6.20 Å². The van der Waals surface area contributed by atoms with Gasteiger partial charge < -0.3 is 10.0 Å². The number of benzene rings is 1. The van der Waals surface area contributed by atoms with Gasteiger partial charge >= 0.3 is 0 Å². The van der Waals surface area contributed by atoms with Crippen molar-refractivity contribution in [1.29, 1.82) is 0 Å². The number of carbonyl (C=O) groups excluding carboxylic acids is 1. The third-order valence-corrected chi connectivity index (χ3v) is 2.76. The third-order valence-electron chi connectivity index (χ3n) is 2.76. The van der Waals surface area contributed by atoms with Gasteiger partial charge in [0.25, 0.3) is 5.91 Å². The van der Waals surface area contributed by atoms with E-state index in [2.05, 4.69) is 10.2 Å². The Bertz CT molecular complexity index is 549. The van der Waals surface area contributed by atoms with Crippen LogP contribution in [0.4, 0.5) is 0 Å². The number of rotatable bonds is 3. The topological polar surface area (TPSA) is 69.2 Å². The first-order valence-corrected chi connectivity index (χ1v) is 5.60. The lowest BCUT2D eigenvalue weighted by molar-refractivity contribution is 0.0784. The standard InChI is InChI=1S/C13H15N3O2/c1-9-5-11(17)3-4-12(9)13(18)16(2)8-10-6-14-15-7-10/h3-7,17H,8H2,1-2H3,(H,14,15). The van der Waals surface area contributed by atoms with Gasteiger partial charge in [-0.2, -0.15) is 5.10 Å². The number of phenols is 1. The molecule has 0 aliphatic rings. The number of carbonyl (C=O) groups is 1. The van der Waals surface area contributed by atoms with Crippen molar-refractivity contribution in [3.8, 4) is 5.75 Å². The molecule has 1 heterocycles. The molecular formula is C13H15N3O2. The quantitative estimate of drug-likeness (QED) is 0.864. The number of aromatic amines is 1. The van der Waals surface area contributed by atoms with E-state index in [1.807, 2.05) is 0 Å². The number of aromatic nitrogens is 2. The van der Waals surface area contributed by atoms with Gasteiger partial charge in [-0.15, -0.1) is 0 Å². The number of H-pyrrole nitrogens is 1. The van der Waals surface area contributed by atoms with Crippen LogP contribution in [0.3, 0.4) is 0 Å². The molecule has 0 bridgehead atoms. The van der Waals surface area contributed by atoms with Crippen LogP contribution in [0.15, 0.2) is 30.6 Å². The van der Waals surface area contributed by atoms with Crippen molar-refractivity contribution in [1.82, 2.24) is 15.1 Å².